The number of hydrogen-bond acceptors (Lipinski definition) is 4. The summed E-state index contributed by atoms with van der Waals surface area (Å²) in [7, 11) is 0. The quantitative estimate of drug-likeness (QED) is 0.683. The van der Waals surface area contributed by atoms with Gasteiger partial charge in [0.2, 0.25) is 5.95 Å². The molecule has 3 rings (SSSR count). The lowest BCUT2D eigenvalue weighted by atomic mass is 10.2. The van der Waals surface area contributed by atoms with Gasteiger partial charge in [0.25, 0.3) is 0 Å². The van der Waals surface area contributed by atoms with Gasteiger partial charge in [-0.2, -0.15) is 4.98 Å². The summed E-state index contributed by atoms with van der Waals surface area (Å²) < 4.78 is 7.21. The fourth-order valence-corrected chi connectivity index (χ4v) is 1.72. The molecule has 0 saturated heterocycles. The Balaban J connectivity index is 2.25. The lowest BCUT2D eigenvalue weighted by molar-refractivity contribution is 0.578. The summed E-state index contributed by atoms with van der Waals surface area (Å²) in [6.07, 6.45) is 1.61. The molecule has 0 atom stereocenters. The smallest absolute Gasteiger partial charge is 0.222 e. The van der Waals surface area contributed by atoms with Crippen molar-refractivity contribution in [1.82, 2.24) is 19.7 Å². The molecule has 0 saturated carbocycles. The molecule has 6 heteroatoms. The molecule has 0 radical (unpaired) electrons. The van der Waals surface area contributed by atoms with E-state index in [1.807, 2.05) is 23.7 Å². The molecule has 0 aliphatic heterocycles. The van der Waals surface area contributed by atoms with Gasteiger partial charge in [-0.15, -0.1) is 0 Å². The number of aromatic amines is 1. The van der Waals surface area contributed by atoms with E-state index in [4.69, 9.17) is 10.2 Å². The van der Waals surface area contributed by atoms with E-state index < -0.39 is 0 Å². The van der Waals surface area contributed by atoms with Crippen LogP contribution in [0.2, 0.25) is 0 Å². The summed E-state index contributed by atoms with van der Waals surface area (Å²) in [6.45, 7) is 2.85. The van der Waals surface area contributed by atoms with Gasteiger partial charge in [-0.1, -0.05) is 0 Å². The van der Waals surface area contributed by atoms with Crippen molar-refractivity contribution in [2.45, 2.75) is 13.5 Å². The van der Waals surface area contributed by atoms with Crippen LogP contribution in [0.15, 0.2) is 22.8 Å². The van der Waals surface area contributed by atoms with Crippen LogP contribution in [0.3, 0.4) is 0 Å². The molecule has 0 bridgehead atoms. The number of anilines is 1. The van der Waals surface area contributed by atoms with Crippen molar-refractivity contribution >= 4 is 17.1 Å². The van der Waals surface area contributed by atoms with E-state index in [1.165, 1.54) is 0 Å². The zero-order chi connectivity index (χ0) is 11.1. The maximum Gasteiger partial charge on any atom is 0.222 e. The molecule has 6 nitrogen and oxygen atoms in total. The highest BCUT2D eigenvalue weighted by atomic mass is 16.3. The first-order chi connectivity index (χ1) is 7.79. The molecule has 3 heterocycles. The Bertz CT molecular complexity index is 619. The normalized spacial score (nSPS) is 11.3. The molecule has 0 aromatic carbocycles. The van der Waals surface area contributed by atoms with E-state index in [0.29, 0.717) is 11.5 Å². The van der Waals surface area contributed by atoms with Crippen LogP contribution in [-0.4, -0.2) is 19.7 Å². The molecule has 3 aromatic rings. The topological polar surface area (TPSA) is 85.7 Å². The Kier molecular flexibility index (Phi) is 1.76. The van der Waals surface area contributed by atoms with E-state index in [9.17, 15) is 0 Å². The first-order valence-corrected chi connectivity index (χ1v) is 5.05. The molecule has 16 heavy (non-hydrogen) atoms. The summed E-state index contributed by atoms with van der Waals surface area (Å²) in [6, 6.07) is 3.66. The van der Waals surface area contributed by atoms with Gasteiger partial charge < -0.3 is 10.2 Å². The van der Waals surface area contributed by atoms with Crippen LogP contribution in [0.4, 0.5) is 5.95 Å². The van der Waals surface area contributed by atoms with Crippen molar-refractivity contribution in [3.8, 4) is 11.5 Å². The number of nitrogens with one attached hydrogen (secondary N) is 1. The average molecular weight is 217 g/mol. The second-order valence-corrected chi connectivity index (χ2v) is 3.46. The first-order valence-electron chi connectivity index (χ1n) is 5.05. The third-order valence-electron chi connectivity index (χ3n) is 2.48. The van der Waals surface area contributed by atoms with Crippen LogP contribution >= 0.6 is 0 Å². The molecular formula is C10H11N5O. The van der Waals surface area contributed by atoms with E-state index in [-0.39, 0.29) is 5.95 Å². The van der Waals surface area contributed by atoms with Crippen molar-refractivity contribution in [2.75, 3.05) is 5.73 Å². The van der Waals surface area contributed by atoms with Gasteiger partial charge in [0.15, 0.2) is 11.4 Å². The van der Waals surface area contributed by atoms with Crippen LogP contribution < -0.4 is 5.73 Å². The third kappa shape index (κ3) is 1.13. The van der Waals surface area contributed by atoms with Gasteiger partial charge in [0.05, 0.1) is 6.26 Å². The van der Waals surface area contributed by atoms with Gasteiger partial charge in [0.1, 0.15) is 11.2 Å². The highest BCUT2D eigenvalue weighted by molar-refractivity contribution is 5.87. The summed E-state index contributed by atoms with van der Waals surface area (Å²) in [5, 5.41) is 3.15. The predicted octanol–water partition coefficient (Wildman–Crippen LogP) is 1.62. The number of rotatable bonds is 2. The van der Waals surface area contributed by atoms with Crippen LogP contribution in [0.5, 0.6) is 0 Å². The zero-order valence-electron chi connectivity index (χ0n) is 8.77. The fraction of sp³-hybridized carbons (Fsp3) is 0.200. The lowest BCUT2D eigenvalue weighted by Crippen LogP contribution is -2.14. The van der Waals surface area contributed by atoms with Crippen LogP contribution in [0, 0.1) is 0 Å². The zero-order valence-corrected chi connectivity index (χ0v) is 8.77. The third-order valence-corrected chi connectivity index (χ3v) is 2.48. The summed E-state index contributed by atoms with van der Waals surface area (Å²) in [5.74, 6) is 0.943. The highest BCUT2D eigenvalue weighted by Gasteiger charge is 2.16. The summed E-state index contributed by atoms with van der Waals surface area (Å²) >= 11 is 0. The molecule has 0 aliphatic rings. The standard InChI is InChI=1S/C10H11N5O/c1-2-15-9-8(14-15)7(12-10(11)13-9)6-4-3-5-16-6/h3-5,14H,2H2,1H3,(H2,11,12,13). The molecule has 3 N–H and O–H groups in total. The number of H-pyrrole nitrogens is 1. The highest BCUT2D eigenvalue weighted by Crippen LogP contribution is 2.26. The van der Waals surface area contributed by atoms with Crippen molar-refractivity contribution in [1.29, 1.82) is 0 Å². The second kappa shape index (κ2) is 3.13. The molecule has 3 aromatic heterocycles. The molecular weight excluding hydrogens is 206 g/mol. The molecule has 0 fully saturated rings. The van der Waals surface area contributed by atoms with Crippen LogP contribution in [0.25, 0.3) is 22.6 Å². The minimum Gasteiger partial charge on any atom is -0.463 e. The van der Waals surface area contributed by atoms with Crippen molar-refractivity contribution in [3.05, 3.63) is 18.4 Å². The van der Waals surface area contributed by atoms with E-state index >= 15 is 0 Å². The van der Waals surface area contributed by atoms with Crippen molar-refractivity contribution < 1.29 is 4.42 Å². The van der Waals surface area contributed by atoms with E-state index in [0.717, 1.165) is 17.7 Å². The number of fused-ring (bicyclic) bond motifs is 1. The summed E-state index contributed by atoms with van der Waals surface area (Å²) in [5.41, 5.74) is 8.06. The maximum atomic E-state index is 5.67. The van der Waals surface area contributed by atoms with Crippen LogP contribution in [-0.2, 0) is 6.54 Å². The SMILES string of the molecule is CCn1[nH]c2c(-c3ccco3)nc(N)nc21. The lowest BCUT2D eigenvalue weighted by Gasteiger charge is -2.15. The Morgan fingerprint density at radius 1 is 1.50 bits per heavy atom. The number of nitrogens with zero attached hydrogens (tertiary/aromatic N) is 3. The second-order valence-electron chi connectivity index (χ2n) is 3.46. The number of aromatic nitrogens is 4. The fourth-order valence-electron chi connectivity index (χ4n) is 1.72. The largest absolute Gasteiger partial charge is 0.463 e. The van der Waals surface area contributed by atoms with Crippen molar-refractivity contribution in [3.63, 3.8) is 0 Å². The van der Waals surface area contributed by atoms with E-state index in [2.05, 4.69) is 15.1 Å². The van der Waals surface area contributed by atoms with Gasteiger partial charge >= 0.3 is 0 Å². The Morgan fingerprint density at radius 3 is 3.06 bits per heavy atom. The number of furan rings is 1. The average Bonchev–Trinajstić information content (AvgIpc) is 2.76. The molecule has 0 unspecified atom stereocenters. The predicted molar refractivity (Wildman–Crippen MR) is 59.7 cm³/mol. The molecule has 0 spiro atoms. The Labute approximate surface area is 91.1 Å². The Hall–Kier alpha value is -2.24. The molecule has 0 amide bonds. The van der Waals surface area contributed by atoms with Gasteiger partial charge in [-0.05, 0) is 19.1 Å². The van der Waals surface area contributed by atoms with Crippen molar-refractivity contribution in [2.24, 2.45) is 0 Å². The minimum atomic E-state index is 0.255. The number of hydrogen-bond donors (Lipinski definition) is 2. The van der Waals surface area contributed by atoms with Gasteiger partial charge in [-0.3, -0.25) is 9.78 Å². The number of nitrogens with two attached hydrogens (primary N) is 1. The van der Waals surface area contributed by atoms with E-state index in [1.54, 1.807) is 6.26 Å². The first kappa shape index (κ1) is 9.02. The Morgan fingerprint density at radius 2 is 2.38 bits per heavy atom. The summed E-state index contributed by atoms with van der Waals surface area (Å²) in [4.78, 5) is 8.35. The monoisotopic (exact) mass is 217 g/mol. The maximum absolute atomic E-state index is 5.67. The van der Waals surface area contributed by atoms with Crippen LogP contribution in [0.1, 0.15) is 6.92 Å². The molecule has 0 aliphatic carbocycles. The van der Waals surface area contributed by atoms with Gasteiger partial charge in [-0.25, -0.2) is 4.98 Å². The molecule has 82 valence electrons. The minimum absolute atomic E-state index is 0.255. The van der Waals surface area contributed by atoms with Gasteiger partial charge in [0, 0.05) is 6.54 Å². The number of aryl methyl sites for hydroxylation is 1. The number of nitrogen functional groups attached to an aromatic ring is 1.